The van der Waals surface area contributed by atoms with Gasteiger partial charge in [-0.15, -0.1) is 0 Å². The zero-order chi connectivity index (χ0) is 12.3. The molecule has 0 spiro atoms. The highest BCUT2D eigenvalue weighted by molar-refractivity contribution is 5.58. The zero-order valence-corrected chi connectivity index (χ0v) is 7.49. The van der Waals surface area contributed by atoms with Crippen LogP contribution >= 0.6 is 0 Å². The second-order valence-corrected chi connectivity index (χ2v) is 2.55. The number of ether oxygens (including phenoxy) is 1. The lowest BCUT2D eigenvalue weighted by Crippen LogP contribution is -2.06. The van der Waals surface area contributed by atoms with Gasteiger partial charge in [0.1, 0.15) is 17.4 Å². The van der Waals surface area contributed by atoms with Crippen LogP contribution in [0, 0.1) is 27.3 Å². The SMILES string of the molecule is N#Cc1cc(F)cc(OC(F)F)c1[N+](=O)[O-]. The molecule has 1 rings (SSSR count). The van der Waals surface area contributed by atoms with E-state index in [0.29, 0.717) is 12.1 Å². The van der Waals surface area contributed by atoms with E-state index in [4.69, 9.17) is 5.26 Å². The number of alkyl halides is 2. The fourth-order valence-electron chi connectivity index (χ4n) is 1.03. The molecule has 0 aromatic heterocycles. The van der Waals surface area contributed by atoms with Crippen molar-refractivity contribution >= 4 is 5.69 Å². The summed E-state index contributed by atoms with van der Waals surface area (Å²) in [5.74, 6) is -2.05. The van der Waals surface area contributed by atoms with Crippen LogP contribution < -0.4 is 4.74 Å². The van der Waals surface area contributed by atoms with Gasteiger partial charge in [0.15, 0.2) is 0 Å². The zero-order valence-electron chi connectivity index (χ0n) is 7.49. The molecular formula is C8H3F3N2O3. The van der Waals surface area contributed by atoms with E-state index in [9.17, 15) is 23.3 Å². The third-order valence-corrected chi connectivity index (χ3v) is 1.56. The molecule has 0 aliphatic heterocycles. The molecule has 0 unspecified atom stereocenters. The lowest BCUT2D eigenvalue weighted by Gasteiger charge is -2.05. The molecule has 0 saturated carbocycles. The highest BCUT2D eigenvalue weighted by Crippen LogP contribution is 2.32. The fraction of sp³-hybridized carbons (Fsp3) is 0.125. The predicted molar refractivity (Wildman–Crippen MR) is 44.4 cm³/mol. The number of halogens is 3. The summed E-state index contributed by atoms with van der Waals surface area (Å²) >= 11 is 0. The van der Waals surface area contributed by atoms with Gasteiger partial charge in [-0.05, 0) is 6.07 Å². The van der Waals surface area contributed by atoms with Crippen molar-refractivity contribution in [3.8, 4) is 11.8 Å². The van der Waals surface area contributed by atoms with Crippen LogP contribution in [0.2, 0.25) is 0 Å². The lowest BCUT2D eigenvalue weighted by atomic mass is 10.2. The minimum atomic E-state index is -3.34. The van der Waals surface area contributed by atoms with Gasteiger partial charge in [-0.2, -0.15) is 14.0 Å². The molecule has 0 amide bonds. The number of nitro groups is 1. The Morgan fingerprint density at radius 2 is 2.12 bits per heavy atom. The van der Waals surface area contributed by atoms with Crippen LogP contribution in [0.15, 0.2) is 12.1 Å². The summed E-state index contributed by atoms with van der Waals surface area (Å²) in [6, 6.07) is 2.31. The van der Waals surface area contributed by atoms with Crippen LogP contribution in [-0.4, -0.2) is 11.5 Å². The lowest BCUT2D eigenvalue weighted by molar-refractivity contribution is -0.386. The quantitative estimate of drug-likeness (QED) is 0.591. The number of nitriles is 1. The topological polar surface area (TPSA) is 76.2 Å². The van der Waals surface area contributed by atoms with Crippen molar-refractivity contribution < 1.29 is 22.8 Å². The Kier molecular flexibility index (Phi) is 3.30. The predicted octanol–water partition coefficient (Wildman–Crippen LogP) is 2.21. The smallest absolute Gasteiger partial charge is 0.387 e. The summed E-state index contributed by atoms with van der Waals surface area (Å²) in [6.07, 6.45) is 0. The first-order valence-corrected chi connectivity index (χ1v) is 3.78. The Morgan fingerprint density at radius 3 is 2.56 bits per heavy atom. The molecule has 0 aliphatic carbocycles. The average Bonchev–Trinajstić information content (AvgIpc) is 2.14. The van der Waals surface area contributed by atoms with Crippen molar-refractivity contribution in [2.24, 2.45) is 0 Å². The molecule has 0 aliphatic rings. The molecule has 0 N–H and O–H groups in total. The molecule has 16 heavy (non-hydrogen) atoms. The summed E-state index contributed by atoms with van der Waals surface area (Å²) in [4.78, 5) is 9.41. The molecule has 0 heterocycles. The second kappa shape index (κ2) is 4.48. The van der Waals surface area contributed by atoms with Crippen molar-refractivity contribution in [3.05, 3.63) is 33.6 Å². The highest BCUT2D eigenvalue weighted by Gasteiger charge is 2.25. The largest absolute Gasteiger partial charge is 0.427 e. The van der Waals surface area contributed by atoms with Gasteiger partial charge in [-0.25, -0.2) is 4.39 Å². The fourth-order valence-corrected chi connectivity index (χ4v) is 1.03. The van der Waals surface area contributed by atoms with E-state index < -0.39 is 34.4 Å². The minimum absolute atomic E-state index is 0.422. The standard InChI is InChI=1S/C8H3F3N2O3/c9-5-1-4(3-12)7(13(14)15)6(2-5)16-8(10)11/h1-2,8H. The normalized spacial score (nSPS) is 9.94. The Labute approximate surface area is 86.8 Å². The number of hydrogen-bond donors (Lipinski definition) is 0. The van der Waals surface area contributed by atoms with Crippen LogP contribution in [0.1, 0.15) is 5.56 Å². The van der Waals surface area contributed by atoms with Crippen LogP contribution in [0.5, 0.6) is 5.75 Å². The summed E-state index contributed by atoms with van der Waals surface area (Å²) < 4.78 is 40.3. The van der Waals surface area contributed by atoms with Gasteiger partial charge in [-0.3, -0.25) is 10.1 Å². The molecule has 0 radical (unpaired) electrons. The van der Waals surface area contributed by atoms with E-state index in [1.165, 1.54) is 6.07 Å². The van der Waals surface area contributed by atoms with E-state index in [1.54, 1.807) is 0 Å². The van der Waals surface area contributed by atoms with E-state index in [-0.39, 0.29) is 0 Å². The summed E-state index contributed by atoms with van der Waals surface area (Å²) in [5.41, 5.74) is -1.66. The highest BCUT2D eigenvalue weighted by atomic mass is 19.3. The average molecular weight is 232 g/mol. The van der Waals surface area contributed by atoms with E-state index in [1.807, 2.05) is 0 Å². The molecule has 0 bridgehead atoms. The van der Waals surface area contributed by atoms with Crippen LogP contribution in [0.3, 0.4) is 0 Å². The Balaban J connectivity index is 3.39. The van der Waals surface area contributed by atoms with E-state index >= 15 is 0 Å². The van der Waals surface area contributed by atoms with Gasteiger partial charge in [0.05, 0.1) is 4.92 Å². The third-order valence-electron chi connectivity index (χ3n) is 1.56. The van der Waals surface area contributed by atoms with Crippen molar-refractivity contribution in [2.75, 3.05) is 0 Å². The first-order chi connectivity index (χ1) is 7.45. The Hall–Kier alpha value is -2.30. The van der Waals surface area contributed by atoms with Crippen molar-refractivity contribution in [1.82, 2.24) is 0 Å². The minimum Gasteiger partial charge on any atom is -0.427 e. The second-order valence-electron chi connectivity index (χ2n) is 2.55. The molecule has 8 heteroatoms. The first kappa shape index (κ1) is 11.8. The van der Waals surface area contributed by atoms with Gasteiger partial charge < -0.3 is 4.74 Å². The summed E-state index contributed by atoms with van der Waals surface area (Å²) in [7, 11) is 0. The Bertz CT molecular complexity index is 470. The van der Waals surface area contributed by atoms with Crippen molar-refractivity contribution in [3.63, 3.8) is 0 Å². The maximum Gasteiger partial charge on any atom is 0.387 e. The summed E-state index contributed by atoms with van der Waals surface area (Å²) in [5, 5.41) is 19.0. The number of nitrogens with zero attached hydrogens (tertiary/aromatic N) is 2. The van der Waals surface area contributed by atoms with Gasteiger partial charge in [0, 0.05) is 6.07 Å². The van der Waals surface area contributed by atoms with Crippen LogP contribution in [0.25, 0.3) is 0 Å². The van der Waals surface area contributed by atoms with Gasteiger partial charge in [0.2, 0.25) is 5.75 Å². The maximum absolute atomic E-state index is 12.8. The number of benzene rings is 1. The number of hydrogen-bond acceptors (Lipinski definition) is 4. The first-order valence-electron chi connectivity index (χ1n) is 3.78. The van der Waals surface area contributed by atoms with Gasteiger partial charge in [-0.1, -0.05) is 0 Å². The molecule has 84 valence electrons. The summed E-state index contributed by atoms with van der Waals surface area (Å²) in [6.45, 7) is -3.34. The maximum atomic E-state index is 12.8. The Morgan fingerprint density at radius 1 is 1.50 bits per heavy atom. The van der Waals surface area contributed by atoms with E-state index in [2.05, 4.69) is 4.74 Å². The number of nitro benzene ring substituents is 1. The monoisotopic (exact) mass is 232 g/mol. The van der Waals surface area contributed by atoms with E-state index in [0.717, 1.165) is 0 Å². The molecule has 5 nitrogen and oxygen atoms in total. The molecular weight excluding hydrogens is 229 g/mol. The van der Waals surface area contributed by atoms with Crippen molar-refractivity contribution in [1.29, 1.82) is 5.26 Å². The molecule has 1 aromatic rings. The van der Waals surface area contributed by atoms with Gasteiger partial charge in [0.25, 0.3) is 0 Å². The molecule has 0 saturated heterocycles. The molecule has 0 fully saturated rings. The van der Waals surface area contributed by atoms with Gasteiger partial charge >= 0.3 is 12.3 Å². The van der Waals surface area contributed by atoms with Crippen molar-refractivity contribution in [2.45, 2.75) is 6.61 Å². The van der Waals surface area contributed by atoms with Crippen LogP contribution in [-0.2, 0) is 0 Å². The molecule has 0 atom stereocenters. The molecule has 1 aromatic carbocycles. The number of rotatable bonds is 3. The third kappa shape index (κ3) is 2.38. The van der Waals surface area contributed by atoms with Crippen LogP contribution in [0.4, 0.5) is 18.9 Å².